The lowest BCUT2D eigenvalue weighted by molar-refractivity contribution is 0.0397. The van der Waals surface area contributed by atoms with Gasteiger partial charge in [0.15, 0.2) is 0 Å². The van der Waals surface area contributed by atoms with E-state index in [1.807, 2.05) is 11.0 Å². The van der Waals surface area contributed by atoms with Gasteiger partial charge in [-0.3, -0.25) is 4.79 Å². The summed E-state index contributed by atoms with van der Waals surface area (Å²) < 4.78 is 0. The van der Waals surface area contributed by atoms with Gasteiger partial charge in [-0.2, -0.15) is 5.26 Å². The maximum absolute atomic E-state index is 12.7. The van der Waals surface area contributed by atoms with E-state index in [9.17, 15) is 4.79 Å². The number of piperazine rings is 1. The summed E-state index contributed by atoms with van der Waals surface area (Å²) in [6.07, 6.45) is 1.39. The van der Waals surface area contributed by atoms with Crippen LogP contribution in [0.2, 0.25) is 5.02 Å². The molecule has 1 unspecified atom stereocenters. The third-order valence-electron chi connectivity index (χ3n) is 3.82. The van der Waals surface area contributed by atoms with E-state index in [-0.39, 0.29) is 22.7 Å². The van der Waals surface area contributed by atoms with Crippen LogP contribution in [0, 0.1) is 17.2 Å². The van der Waals surface area contributed by atoms with Crippen LogP contribution in [0.4, 0.5) is 0 Å². The van der Waals surface area contributed by atoms with E-state index in [2.05, 4.69) is 30.8 Å². The molecule has 1 aromatic rings. The smallest absolute Gasteiger partial charge is 0.274 e. The van der Waals surface area contributed by atoms with Gasteiger partial charge in [0.1, 0.15) is 11.8 Å². The highest BCUT2D eigenvalue weighted by molar-refractivity contribution is 6.33. The minimum absolute atomic E-state index is 0.143. The summed E-state index contributed by atoms with van der Waals surface area (Å²) in [7, 11) is 2.06. The van der Waals surface area contributed by atoms with Gasteiger partial charge in [0.05, 0.1) is 10.6 Å². The van der Waals surface area contributed by atoms with Gasteiger partial charge in [-0.1, -0.05) is 25.4 Å². The summed E-state index contributed by atoms with van der Waals surface area (Å²) in [6, 6.07) is 3.60. The molecule has 1 atom stereocenters. The fraction of sp³-hybridized carbons (Fsp3) is 0.533. The number of carbonyl (C=O) groups is 1. The van der Waals surface area contributed by atoms with Gasteiger partial charge in [-0.05, 0) is 19.0 Å². The third kappa shape index (κ3) is 3.34. The van der Waals surface area contributed by atoms with Gasteiger partial charge in [-0.15, -0.1) is 0 Å². The lowest BCUT2D eigenvalue weighted by atomic mass is 9.99. The average molecular weight is 307 g/mol. The van der Waals surface area contributed by atoms with Crippen LogP contribution in [0.5, 0.6) is 0 Å². The van der Waals surface area contributed by atoms with Crippen LogP contribution in [-0.2, 0) is 0 Å². The van der Waals surface area contributed by atoms with Crippen molar-refractivity contribution in [2.45, 2.75) is 19.9 Å². The van der Waals surface area contributed by atoms with Crippen LogP contribution >= 0.6 is 11.6 Å². The molecule has 0 spiro atoms. The molecule has 1 aliphatic rings. The van der Waals surface area contributed by atoms with Gasteiger partial charge in [0, 0.05) is 31.9 Å². The largest absolute Gasteiger partial charge is 0.331 e. The Kier molecular flexibility index (Phi) is 4.81. The molecule has 0 saturated carbocycles. The second-order valence-corrected chi connectivity index (χ2v) is 6.15. The first-order valence-corrected chi connectivity index (χ1v) is 7.37. The molecule has 0 bridgehead atoms. The number of amides is 1. The first-order chi connectivity index (χ1) is 9.93. The van der Waals surface area contributed by atoms with Crippen molar-refractivity contribution in [1.82, 2.24) is 14.8 Å². The second-order valence-electron chi connectivity index (χ2n) is 5.74. The standard InChI is InChI=1S/C15H19ClN4O/c1-10(2)13-9-19(3)4-5-20(13)15(21)14-12(16)6-11(7-17)8-18-14/h6,8,10,13H,4-5,9H2,1-3H3. The molecule has 0 radical (unpaired) electrons. The Bertz CT molecular complexity index is 582. The van der Waals surface area contributed by atoms with Crippen LogP contribution in [-0.4, -0.2) is 53.4 Å². The van der Waals surface area contributed by atoms with Crippen LogP contribution in [0.15, 0.2) is 12.3 Å². The van der Waals surface area contributed by atoms with Gasteiger partial charge in [0.25, 0.3) is 5.91 Å². The minimum atomic E-state index is -0.156. The molecule has 0 aliphatic carbocycles. The van der Waals surface area contributed by atoms with E-state index < -0.39 is 0 Å². The molecular weight excluding hydrogens is 288 g/mol. The lowest BCUT2D eigenvalue weighted by Crippen LogP contribution is -2.56. The summed E-state index contributed by atoms with van der Waals surface area (Å²) in [5.74, 6) is 0.199. The molecule has 1 amide bonds. The summed E-state index contributed by atoms with van der Waals surface area (Å²) >= 11 is 6.11. The van der Waals surface area contributed by atoms with E-state index in [0.717, 1.165) is 13.1 Å². The molecular formula is C15H19ClN4O. The molecule has 1 saturated heterocycles. The van der Waals surface area contributed by atoms with Crippen molar-refractivity contribution in [2.24, 2.45) is 5.92 Å². The zero-order chi connectivity index (χ0) is 15.6. The van der Waals surface area contributed by atoms with E-state index in [1.54, 1.807) is 0 Å². The summed E-state index contributed by atoms with van der Waals surface area (Å²) in [5.41, 5.74) is 0.584. The summed E-state index contributed by atoms with van der Waals surface area (Å²) in [6.45, 7) is 6.56. The predicted octanol–water partition coefficient (Wildman–Crippen LogP) is 2.02. The highest BCUT2D eigenvalue weighted by Crippen LogP contribution is 2.22. The fourth-order valence-corrected chi connectivity index (χ4v) is 2.82. The Morgan fingerprint density at radius 2 is 2.24 bits per heavy atom. The number of rotatable bonds is 2. The quantitative estimate of drug-likeness (QED) is 0.838. The maximum Gasteiger partial charge on any atom is 0.274 e. The zero-order valence-corrected chi connectivity index (χ0v) is 13.3. The highest BCUT2D eigenvalue weighted by Gasteiger charge is 2.33. The molecule has 6 heteroatoms. The van der Waals surface area contributed by atoms with Crippen LogP contribution in [0.25, 0.3) is 0 Å². The number of halogens is 1. The Morgan fingerprint density at radius 3 is 2.81 bits per heavy atom. The molecule has 21 heavy (non-hydrogen) atoms. The average Bonchev–Trinajstić information content (AvgIpc) is 2.46. The number of pyridine rings is 1. The van der Waals surface area contributed by atoms with Crippen LogP contribution in [0.3, 0.4) is 0 Å². The molecule has 1 fully saturated rings. The highest BCUT2D eigenvalue weighted by atomic mass is 35.5. The number of nitriles is 1. The molecule has 2 heterocycles. The van der Waals surface area contributed by atoms with Gasteiger partial charge >= 0.3 is 0 Å². The second kappa shape index (κ2) is 6.42. The number of nitrogens with zero attached hydrogens (tertiary/aromatic N) is 4. The van der Waals surface area contributed by atoms with Crippen molar-refractivity contribution >= 4 is 17.5 Å². The monoisotopic (exact) mass is 306 g/mol. The number of aromatic nitrogens is 1. The summed E-state index contributed by atoms with van der Waals surface area (Å²) in [4.78, 5) is 20.9. The SMILES string of the molecule is CC(C)C1CN(C)CCN1C(=O)c1ncc(C#N)cc1Cl. The van der Waals surface area contributed by atoms with Gasteiger partial charge < -0.3 is 9.80 Å². The molecule has 112 valence electrons. The van der Waals surface area contributed by atoms with Crippen molar-refractivity contribution in [3.8, 4) is 6.07 Å². The maximum atomic E-state index is 12.7. The van der Waals surface area contributed by atoms with Crippen molar-refractivity contribution in [3.05, 3.63) is 28.5 Å². The number of likely N-dealkylation sites (N-methyl/N-ethyl adjacent to an activating group) is 1. The van der Waals surface area contributed by atoms with E-state index in [0.29, 0.717) is 18.0 Å². The molecule has 1 aromatic heterocycles. The molecule has 1 aliphatic heterocycles. The van der Waals surface area contributed by atoms with Gasteiger partial charge in [-0.25, -0.2) is 4.98 Å². The zero-order valence-electron chi connectivity index (χ0n) is 12.5. The predicted molar refractivity (Wildman–Crippen MR) is 81.1 cm³/mol. The van der Waals surface area contributed by atoms with Crippen molar-refractivity contribution in [3.63, 3.8) is 0 Å². The Labute approximate surface area is 130 Å². The molecule has 0 aromatic carbocycles. The topological polar surface area (TPSA) is 60.2 Å². The molecule has 2 rings (SSSR count). The summed E-state index contributed by atoms with van der Waals surface area (Å²) in [5, 5.41) is 9.07. The molecule has 0 N–H and O–H groups in total. The van der Waals surface area contributed by atoms with Crippen molar-refractivity contribution < 1.29 is 4.79 Å². The number of hydrogen-bond acceptors (Lipinski definition) is 4. The Hall–Kier alpha value is -1.64. The van der Waals surface area contributed by atoms with Crippen molar-refractivity contribution in [1.29, 1.82) is 5.26 Å². The van der Waals surface area contributed by atoms with Crippen LogP contribution in [0.1, 0.15) is 29.9 Å². The molecule has 5 nitrogen and oxygen atoms in total. The van der Waals surface area contributed by atoms with Crippen molar-refractivity contribution in [2.75, 3.05) is 26.7 Å². The van der Waals surface area contributed by atoms with E-state index >= 15 is 0 Å². The number of hydrogen-bond donors (Lipinski definition) is 0. The Morgan fingerprint density at radius 1 is 1.52 bits per heavy atom. The Balaban J connectivity index is 2.28. The normalized spacial score (nSPS) is 19.6. The third-order valence-corrected chi connectivity index (χ3v) is 4.11. The van der Waals surface area contributed by atoms with Gasteiger partial charge in [0.2, 0.25) is 0 Å². The first-order valence-electron chi connectivity index (χ1n) is 6.99. The van der Waals surface area contributed by atoms with Crippen LogP contribution < -0.4 is 0 Å². The lowest BCUT2D eigenvalue weighted by Gasteiger charge is -2.42. The first kappa shape index (κ1) is 15.7. The van der Waals surface area contributed by atoms with E-state index in [4.69, 9.17) is 16.9 Å². The van der Waals surface area contributed by atoms with E-state index in [1.165, 1.54) is 12.3 Å². The minimum Gasteiger partial charge on any atom is -0.331 e. The number of carbonyl (C=O) groups excluding carboxylic acids is 1. The fourth-order valence-electron chi connectivity index (χ4n) is 2.57.